The number of alkyl halides is 1. The smallest absolute Gasteiger partial charge is 0.124 e. The Morgan fingerprint density at radius 2 is 2.15 bits per heavy atom. The lowest BCUT2D eigenvalue weighted by molar-refractivity contribution is 0.0672. The van der Waals surface area contributed by atoms with Crippen LogP contribution in [0, 0.1) is 0 Å². The Labute approximate surface area is 120 Å². The van der Waals surface area contributed by atoms with E-state index < -0.39 is 6.17 Å². The third-order valence-electron chi connectivity index (χ3n) is 2.75. The standard InChI is InChI=1S/C17H22FNO/c1-3-4-12-19-15(2)10-11-17(18)14-20-13-16-8-6-5-7-9-16/h3-9,12,17H,1,10-11,13-14H2,2H3/b12-4-,19-15?. The summed E-state index contributed by atoms with van der Waals surface area (Å²) in [5, 5.41) is 0. The van der Waals surface area contributed by atoms with Crippen molar-refractivity contribution in [3.63, 3.8) is 0 Å². The van der Waals surface area contributed by atoms with Crippen LogP contribution in [0.2, 0.25) is 0 Å². The van der Waals surface area contributed by atoms with Crippen LogP contribution < -0.4 is 0 Å². The molecule has 1 unspecified atom stereocenters. The highest BCUT2D eigenvalue weighted by Gasteiger charge is 2.07. The molecular weight excluding hydrogens is 253 g/mol. The van der Waals surface area contributed by atoms with E-state index in [4.69, 9.17) is 4.74 Å². The SMILES string of the molecule is C=C/C=C\N=C(C)CCC(F)COCc1ccccc1. The Kier molecular flexibility index (Phi) is 8.24. The number of hydrogen-bond donors (Lipinski definition) is 0. The Morgan fingerprint density at radius 3 is 2.85 bits per heavy atom. The summed E-state index contributed by atoms with van der Waals surface area (Å²) in [6, 6.07) is 9.78. The van der Waals surface area contributed by atoms with Gasteiger partial charge < -0.3 is 4.74 Å². The first-order valence-electron chi connectivity index (χ1n) is 6.79. The van der Waals surface area contributed by atoms with Crippen LogP contribution in [0.25, 0.3) is 0 Å². The lowest BCUT2D eigenvalue weighted by atomic mass is 10.1. The summed E-state index contributed by atoms with van der Waals surface area (Å²) in [4.78, 5) is 4.17. The van der Waals surface area contributed by atoms with Crippen LogP contribution in [-0.2, 0) is 11.3 Å². The molecule has 0 radical (unpaired) electrons. The molecule has 2 nitrogen and oxygen atoms in total. The zero-order valence-corrected chi connectivity index (χ0v) is 12.0. The predicted molar refractivity (Wildman–Crippen MR) is 82.7 cm³/mol. The number of allylic oxidation sites excluding steroid dienone is 2. The zero-order chi connectivity index (χ0) is 14.6. The fourth-order valence-electron chi connectivity index (χ4n) is 1.62. The average molecular weight is 275 g/mol. The van der Waals surface area contributed by atoms with Gasteiger partial charge in [0, 0.05) is 11.9 Å². The van der Waals surface area contributed by atoms with Gasteiger partial charge in [-0.05, 0) is 31.4 Å². The molecule has 1 rings (SSSR count). The number of hydrogen-bond acceptors (Lipinski definition) is 2. The second kappa shape index (κ2) is 10.1. The van der Waals surface area contributed by atoms with Crippen LogP contribution in [0.15, 0.2) is 60.3 Å². The largest absolute Gasteiger partial charge is 0.374 e. The van der Waals surface area contributed by atoms with Crippen molar-refractivity contribution in [3.05, 3.63) is 60.8 Å². The molecule has 0 saturated heterocycles. The van der Waals surface area contributed by atoms with Gasteiger partial charge in [0.05, 0.1) is 13.2 Å². The lowest BCUT2D eigenvalue weighted by Gasteiger charge is -2.09. The molecule has 0 aliphatic heterocycles. The van der Waals surface area contributed by atoms with Gasteiger partial charge in [-0.1, -0.05) is 43.0 Å². The molecule has 0 heterocycles. The molecule has 108 valence electrons. The van der Waals surface area contributed by atoms with Gasteiger partial charge in [0.1, 0.15) is 6.17 Å². The molecule has 0 N–H and O–H groups in total. The molecule has 0 aliphatic rings. The molecule has 0 amide bonds. The van der Waals surface area contributed by atoms with Gasteiger partial charge in [0.2, 0.25) is 0 Å². The molecule has 0 aliphatic carbocycles. The van der Waals surface area contributed by atoms with Crippen molar-refractivity contribution in [2.45, 2.75) is 32.5 Å². The first-order valence-corrected chi connectivity index (χ1v) is 6.79. The second-order valence-electron chi connectivity index (χ2n) is 4.58. The average Bonchev–Trinajstić information content (AvgIpc) is 2.46. The van der Waals surface area contributed by atoms with Crippen molar-refractivity contribution in [1.82, 2.24) is 0 Å². The molecule has 1 atom stereocenters. The van der Waals surface area contributed by atoms with Gasteiger partial charge in [-0.25, -0.2) is 4.39 Å². The van der Waals surface area contributed by atoms with Crippen molar-refractivity contribution in [2.75, 3.05) is 6.61 Å². The summed E-state index contributed by atoms with van der Waals surface area (Å²) < 4.78 is 19.0. The first kappa shape index (κ1) is 16.3. The summed E-state index contributed by atoms with van der Waals surface area (Å²) in [6.45, 7) is 6.04. The topological polar surface area (TPSA) is 21.6 Å². The maximum atomic E-state index is 13.6. The number of nitrogens with zero attached hydrogens (tertiary/aromatic N) is 1. The maximum absolute atomic E-state index is 13.6. The van der Waals surface area contributed by atoms with Crippen LogP contribution in [0.5, 0.6) is 0 Å². The molecule has 20 heavy (non-hydrogen) atoms. The number of aliphatic imine (C=N–C) groups is 1. The van der Waals surface area contributed by atoms with Gasteiger partial charge in [-0.15, -0.1) is 0 Å². The molecule has 1 aromatic rings. The predicted octanol–water partition coefficient (Wildman–Crippen LogP) is 4.48. The number of ether oxygens (including phenoxy) is 1. The first-order chi connectivity index (χ1) is 9.72. The highest BCUT2D eigenvalue weighted by molar-refractivity contribution is 5.82. The van der Waals surface area contributed by atoms with Crippen LogP contribution in [0.3, 0.4) is 0 Å². The second-order valence-corrected chi connectivity index (χ2v) is 4.58. The molecule has 0 aromatic heterocycles. The summed E-state index contributed by atoms with van der Waals surface area (Å²) in [5.41, 5.74) is 1.97. The van der Waals surface area contributed by atoms with Crippen LogP contribution >= 0.6 is 0 Å². The quantitative estimate of drug-likeness (QED) is 0.481. The summed E-state index contributed by atoms with van der Waals surface area (Å²) in [5.74, 6) is 0. The van der Waals surface area contributed by atoms with Gasteiger partial charge in [0.25, 0.3) is 0 Å². The number of halogens is 1. The van der Waals surface area contributed by atoms with E-state index >= 15 is 0 Å². The molecule has 0 bridgehead atoms. The minimum absolute atomic E-state index is 0.130. The normalized spacial score (nSPS) is 13.6. The monoisotopic (exact) mass is 275 g/mol. The zero-order valence-electron chi connectivity index (χ0n) is 12.0. The van der Waals surface area contributed by atoms with Gasteiger partial charge in [0.15, 0.2) is 0 Å². The minimum Gasteiger partial charge on any atom is -0.374 e. The molecule has 1 aromatic carbocycles. The highest BCUT2D eigenvalue weighted by atomic mass is 19.1. The molecule has 0 fully saturated rings. The highest BCUT2D eigenvalue weighted by Crippen LogP contribution is 2.07. The van der Waals surface area contributed by atoms with Crippen molar-refractivity contribution in [3.8, 4) is 0 Å². The van der Waals surface area contributed by atoms with E-state index in [1.54, 1.807) is 18.4 Å². The van der Waals surface area contributed by atoms with E-state index in [1.807, 2.05) is 37.3 Å². The maximum Gasteiger partial charge on any atom is 0.124 e. The molecule has 0 saturated carbocycles. The van der Waals surface area contributed by atoms with Gasteiger partial charge in [-0.2, -0.15) is 0 Å². The minimum atomic E-state index is -0.952. The fraction of sp³-hybridized carbons (Fsp3) is 0.353. The van der Waals surface area contributed by atoms with Crippen molar-refractivity contribution in [1.29, 1.82) is 0 Å². The van der Waals surface area contributed by atoms with Crippen molar-refractivity contribution >= 4 is 5.71 Å². The Morgan fingerprint density at radius 1 is 1.40 bits per heavy atom. The third kappa shape index (κ3) is 7.64. The lowest BCUT2D eigenvalue weighted by Crippen LogP contribution is -2.11. The van der Waals surface area contributed by atoms with Gasteiger partial charge >= 0.3 is 0 Å². The Balaban J connectivity index is 2.17. The summed E-state index contributed by atoms with van der Waals surface area (Å²) >= 11 is 0. The van der Waals surface area contributed by atoms with E-state index in [9.17, 15) is 4.39 Å². The molecule has 0 spiro atoms. The van der Waals surface area contributed by atoms with Gasteiger partial charge in [-0.3, -0.25) is 4.99 Å². The third-order valence-corrected chi connectivity index (χ3v) is 2.75. The van der Waals surface area contributed by atoms with E-state index in [2.05, 4.69) is 11.6 Å². The van der Waals surface area contributed by atoms with Crippen molar-refractivity contribution < 1.29 is 9.13 Å². The Bertz CT molecular complexity index is 440. The summed E-state index contributed by atoms with van der Waals surface area (Å²) in [6.07, 6.45) is 5.20. The Hall–Kier alpha value is -1.74. The molecule has 3 heteroatoms. The van der Waals surface area contributed by atoms with E-state index in [1.165, 1.54) is 0 Å². The van der Waals surface area contributed by atoms with E-state index in [-0.39, 0.29) is 6.61 Å². The van der Waals surface area contributed by atoms with E-state index in [0.29, 0.717) is 19.4 Å². The fourth-order valence-corrected chi connectivity index (χ4v) is 1.62. The van der Waals surface area contributed by atoms with Crippen LogP contribution in [-0.4, -0.2) is 18.5 Å². The van der Waals surface area contributed by atoms with Crippen LogP contribution in [0.4, 0.5) is 4.39 Å². The van der Waals surface area contributed by atoms with Crippen molar-refractivity contribution in [2.24, 2.45) is 4.99 Å². The number of benzene rings is 1. The van der Waals surface area contributed by atoms with E-state index in [0.717, 1.165) is 11.3 Å². The molecular formula is C17H22FNO. The number of rotatable bonds is 9. The van der Waals surface area contributed by atoms with Crippen LogP contribution in [0.1, 0.15) is 25.3 Å². The summed E-state index contributed by atoms with van der Waals surface area (Å²) in [7, 11) is 0.